The smallest absolute Gasteiger partial charge is 0.259 e. The third-order valence-corrected chi connectivity index (χ3v) is 0.424. The minimum absolute atomic E-state index is 0.0922. The van der Waals surface area contributed by atoms with E-state index in [9.17, 15) is 4.79 Å². The number of ether oxygens (including phenoxy) is 1. The quantitative estimate of drug-likeness (QED) is 0.409. The molecule has 0 fully saturated rings. The highest BCUT2D eigenvalue weighted by Crippen LogP contribution is 1.80. The summed E-state index contributed by atoms with van der Waals surface area (Å²) < 4.78 is 4.38. The molecular weight excluding hydrogens is 115 g/mol. The van der Waals surface area contributed by atoms with Gasteiger partial charge < -0.3 is 4.74 Å². The number of rotatable bonds is 3. The fourth-order valence-corrected chi connectivity index (χ4v) is 0.187. The Hall–Kier alpha value is -0.500. The molecule has 0 aliphatic heterocycles. The summed E-state index contributed by atoms with van der Waals surface area (Å²) in [6.07, 6.45) is 1.17. The number of halogens is 1. The highest BCUT2D eigenvalue weighted by Gasteiger charge is 1.89. The van der Waals surface area contributed by atoms with Crippen molar-refractivity contribution in [2.45, 2.75) is 0 Å². The number of carbonyl (C=O) groups is 1. The molecule has 0 atom stereocenters. The van der Waals surface area contributed by atoms with E-state index in [-0.39, 0.29) is 6.61 Å². The first kappa shape index (κ1) is 6.50. The van der Waals surface area contributed by atoms with Gasteiger partial charge in [0.15, 0.2) is 6.61 Å². The topological polar surface area (TPSA) is 26.3 Å². The summed E-state index contributed by atoms with van der Waals surface area (Å²) in [5.74, 6) is 0. The maximum absolute atomic E-state index is 9.80. The number of hydrogen-bond acceptors (Lipinski definition) is 2. The Morgan fingerprint density at radius 2 is 2.57 bits per heavy atom. The lowest BCUT2D eigenvalue weighted by atomic mass is 10.8. The summed E-state index contributed by atoms with van der Waals surface area (Å²) in [6.45, 7) is 3.11. The normalized spacial score (nSPS) is 7.57. The lowest BCUT2D eigenvalue weighted by molar-refractivity contribution is -0.114. The Balaban J connectivity index is 2.97. The van der Waals surface area contributed by atoms with Crippen LogP contribution in [-0.4, -0.2) is 11.8 Å². The van der Waals surface area contributed by atoms with Gasteiger partial charge in [0.25, 0.3) is 5.24 Å². The zero-order chi connectivity index (χ0) is 5.70. The van der Waals surface area contributed by atoms with Crippen LogP contribution in [0.5, 0.6) is 0 Å². The minimum Gasteiger partial charge on any atom is -0.493 e. The molecule has 0 N–H and O–H groups in total. The fourth-order valence-electron chi connectivity index (χ4n) is 0.124. The SMILES string of the molecule is C=COCC(=O)Cl. The molecule has 0 aromatic carbocycles. The molecule has 0 rings (SSSR count). The van der Waals surface area contributed by atoms with E-state index in [2.05, 4.69) is 11.3 Å². The van der Waals surface area contributed by atoms with Gasteiger partial charge in [-0.15, -0.1) is 0 Å². The highest BCUT2D eigenvalue weighted by atomic mass is 35.5. The molecule has 0 amide bonds. The largest absolute Gasteiger partial charge is 0.493 e. The van der Waals surface area contributed by atoms with Crippen molar-refractivity contribution in [1.29, 1.82) is 0 Å². The molecule has 0 radical (unpaired) electrons. The van der Waals surface area contributed by atoms with Crippen molar-refractivity contribution in [2.24, 2.45) is 0 Å². The van der Waals surface area contributed by atoms with Crippen molar-refractivity contribution in [3.05, 3.63) is 12.8 Å². The van der Waals surface area contributed by atoms with Crippen LogP contribution in [-0.2, 0) is 9.53 Å². The lowest BCUT2D eigenvalue weighted by Gasteiger charge is -1.88. The molecule has 0 saturated heterocycles. The third kappa shape index (κ3) is 5.50. The van der Waals surface area contributed by atoms with Crippen LogP contribution in [0.1, 0.15) is 0 Å². The molecule has 0 unspecified atom stereocenters. The van der Waals surface area contributed by atoms with Gasteiger partial charge in [-0.25, -0.2) is 0 Å². The third-order valence-electron chi connectivity index (χ3n) is 0.315. The first-order valence-corrected chi connectivity index (χ1v) is 2.06. The van der Waals surface area contributed by atoms with E-state index in [1.54, 1.807) is 0 Å². The molecule has 40 valence electrons. The van der Waals surface area contributed by atoms with Gasteiger partial charge in [0, 0.05) is 0 Å². The van der Waals surface area contributed by atoms with Gasteiger partial charge in [0.05, 0.1) is 6.26 Å². The van der Waals surface area contributed by atoms with E-state index in [0.717, 1.165) is 0 Å². The summed E-state index contributed by atoms with van der Waals surface area (Å²) in [7, 11) is 0. The number of hydrogen-bond donors (Lipinski definition) is 0. The Kier molecular flexibility index (Phi) is 3.42. The van der Waals surface area contributed by atoms with Gasteiger partial charge >= 0.3 is 0 Å². The summed E-state index contributed by atoms with van der Waals surface area (Å²) in [5.41, 5.74) is 0. The molecule has 7 heavy (non-hydrogen) atoms. The van der Waals surface area contributed by atoms with Crippen molar-refractivity contribution in [3.63, 3.8) is 0 Å². The predicted octanol–water partition coefficient (Wildman–Crippen LogP) is 0.912. The molecule has 3 heteroatoms. The summed E-state index contributed by atoms with van der Waals surface area (Å²) in [4.78, 5) is 9.80. The summed E-state index contributed by atoms with van der Waals surface area (Å²) in [6, 6.07) is 0. The molecule has 0 aliphatic rings. The molecule has 2 nitrogen and oxygen atoms in total. The van der Waals surface area contributed by atoms with Crippen LogP contribution in [0.25, 0.3) is 0 Å². The molecule has 0 spiro atoms. The zero-order valence-corrected chi connectivity index (χ0v) is 4.44. The Bertz CT molecular complexity index is 79.8. The average Bonchev–Trinajstić information content (AvgIpc) is 1.61. The Labute approximate surface area is 46.7 Å². The number of carbonyl (C=O) groups excluding carboxylic acids is 1. The summed E-state index contributed by atoms with van der Waals surface area (Å²) in [5, 5.41) is -0.514. The van der Waals surface area contributed by atoms with Crippen molar-refractivity contribution in [2.75, 3.05) is 6.61 Å². The second kappa shape index (κ2) is 3.68. The van der Waals surface area contributed by atoms with E-state index in [1.807, 2.05) is 0 Å². The van der Waals surface area contributed by atoms with Crippen LogP contribution in [0.15, 0.2) is 12.8 Å². The second-order valence-corrected chi connectivity index (χ2v) is 1.25. The maximum Gasteiger partial charge on any atom is 0.259 e. The van der Waals surface area contributed by atoms with Gasteiger partial charge in [-0.05, 0) is 11.6 Å². The molecule has 0 heterocycles. The Morgan fingerprint density at radius 3 is 2.71 bits per heavy atom. The summed E-state index contributed by atoms with van der Waals surface area (Å²) >= 11 is 4.84. The van der Waals surface area contributed by atoms with Gasteiger partial charge in [-0.2, -0.15) is 0 Å². The van der Waals surface area contributed by atoms with Gasteiger partial charge in [-0.1, -0.05) is 6.58 Å². The van der Waals surface area contributed by atoms with Crippen molar-refractivity contribution in [1.82, 2.24) is 0 Å². The van der Waals surface area contributed by atoms with E-state index in [4.69, 9.17) is 11.6 Å². The lowest BCUT2D eigenvalue weighted by Crippen LogP contribution is -1.94. The van der Waals surface area contributed by atoms with Crippen LogP contribution < -0.4 is 0 Å². The zero-order valence-electron chi connectivity index (χ0n) is 3.69. The highest BCUT2D eigenvalue weighted by molar-refractivity contribution is 6.63. The molecule has 0 saturated carbocycles. The maximum atomic E-state index is 9.80. The molecule has 0 aromatic heterocycles. The van der Waals surface area contributed by atoms with Crippen LogP contribution in [0.2, 0.25) is 0 Å². The minimum atomic E-state index is -0.514. The van der Waals surface area contributed by atoms with Crippen LogP contribution >= 0.6 is 11.6 Å². The van der Waals surface area contributed by atoms with Crippen LogP contribution in [0.4, 0.5) is 0 Å². The van der Waals surface area contributed by atoms with Gasteiger partial charge in [-0.3, -0.25) is 4.79 Å². The predicted molar refractivity (Wildman–Crippen MR) is 27.0 cm³/mol. The standard InChI is InChI=1S/C4H5ClO2/c1-2-7-3-4(5)6/h2H,1,3H2. The van der Waals surface area contributed by atoms with Crippen molar-refractivity contribution in [3.8, 4) is 0 Å². The molecular formula is C4H5ClO2. The van der Waals surface area contributed by atoms with Crippen molar-refractivity contribution < 1.29 is 9.53 Å². The van der Waals surface area contributed by atoms with E-state index < -0.39 is 5.24 Å². The van der Waals surface area contributed by atoms with Gasteiger partial charge in [0.2, 0.25) is 0 Å². The first-order valence-electron chi connectivity index (χ1n) is 1.68. The fraction of sp³-hybridized carbons (Fsp3) is 0.250. The van der Waals surface area contributed by atoms with E-state index >= 15 is 0 Å². The van der Waals surface area contributed by atoms with Crippen LogP contribution in [0, 0.1) is 0 Å². The van der Waals surface area contributed by atoms with Gasteiger partial charge in [0.1, 0.15) is 0 Å². The van der Waals surface area contributed by atoms with Crippen LogP contribution in [0.3, 0.4) is 0 Å². The monoisotopic (exact) mass is 120 g/mol. The van der Waals surface area contributed by atoms with E-state index in [0.29, 0.717) is 0 Å². The molecule has 0 aliphatic carbocycles. The van der Waals surface area contributed by atoms with E-state index in [1.165, 1.54) is 6.26 Å². The first-order chi connectivity index (χ1) is 3.27. The second-order valence-electron chi connectivity index (χ2n) is 0.833. The molecule has 0 aromatic rings. The van der Waals surface area contributed by atoms with Crippen molar-refractivity contribution >= 4 is 16.8 Å². The molecule has 0 bridgehead atoms. The Morgan fingerprint density at radius 1 is 2.00 bits per heavy atom. The average molecular weight is 121 g/mol.